The molecular formula is C19H14F2N4O2. The number of ether oxygens (including phenoxy) is 1. The zero-order chi connectivity index (χ0) is 18.7. The minimum absolute atomic E-state index is 0.174. The molecule has 27 heavy (non-hydrogen) atoms. The molecule has 1 aliphatic rings. The van der Waals surface area contributed by atoms with Crippen LogP contribution in [-0.4, -0.2) is 32.2 Å². The van der Waals surface area contributed by atoms with Crippen LogP contribution in [0.25, 0.3) is 28.0 Å². The van der Waals surface area contributed by atoms with Crippen LogP contribution in [0.5, 0.6) is 0 Å². The number of fused-ring (bicyclic) bond motifs is 2. The van der Waals surface area contributed by atoms with Crippen molar-refractivity contribution in [1.29, 1.82) is 0 Å². The van der Waals surface area contributed by atoms with Crippen LogP contribution in [0.3, 0.4) is 0 Å². The highest BCUT2D eigenvalue weighted by Gasteiger charge is 2.30. The summed E-state index contributed by atoms with van der Waals surface area (Å²) in [7, 11) is 1.20. The lowest BCUT2D eigenvalue weighted by Crippen LogP contribution is -2.07. The average Bonchev–Trinajstić information content (AvgIpc) is 3.31. The number of carbonyl (C=O) groups excluding carboxylic acids is 1. The fourth-order valence-electron chi connectivity index (χ4n) is 3.37. The van der Waals surface area contributed by atoms with E-state index in [9.17, 15) is 13.6 Å². The zero-order valence-corrected chi connectivity index (χ0v) is 14.3. The Morgan fingerprint density at radius 3 is 2.70 bits per heavy atom. The van der Waals surface area contributed by atoms with Gasteiger partial charge in [-0.3, -0.25) is 4.57 Å². The number of rotatable bonds is 3. The van der Waals surface area contributed by atoms with E-state index in [1.54, 1.807) is 10.6 Å². The Kier molecular flexibility index (Phi) is 3.30. The molecule has 0 unspecified atom stereocenters. The largest absolute Gasteiger partial charge is 0.465 e. The van der Waals surface area contributed by atoms with Gasteiger partial charge in [-0.25, -0.2) is 23.5 Å². The molecule has 0 saturated heterocycles. The Morgan fingerprint density at radius 2 is 1.96 bits per heavy atom. The molecule has 4 aromatic rings. The minimum atomic E-state index is -0.764. The van der Waals surface area contributed by atoms with E-state index in [1.807, 2.05) is 4.57 Å². The first-order valence-electron chi connectivity index (χ1n) is 8.49. The maximum atomic E-state index is 14.2. The van der Waals surface area contributed by atoms with Crippen molar-refractivity contribution in [3.05, 3.63) is 53.9 Å². The molecule has 1 saturated carbocycles. The topological polar surface area (TPSA) is 61.9 Å². The Balaban J connectivity index is 1.79. The summed E-state index contributed by atoms with van der Waals surface area (Å²) in [6, 6.07) is 7.29. The van der Waals surface area contributed by atoms with Gasteiger partial charge in [0.05, 0.1) is 34.7 Å². The predicted octanol–water partition coefficient (Wildman–Crippen LogP) is 3.77. The lowest BCUT2D eigenvalue weighted by Gasteiger charge is -2.09. The number of aromatic nitrogens is 4. The van der Waals surface area contributed by atoms with Gasteiger partial charge in [0, 0.05) is 12.1 Å². The third kappa shape index (κ3) is 2.40. The van der Waals surface area contributed by atoms with Gasteiger partial charge in [-0.1, -0.05) is 0 Å². The SMILES string of the molecule is COC(=O)c1cc2c(cc1F)ncn2-c1nc2ccc(F)cc2n1C1CC1. The van der Waals surface area contributed by atoms with Crippen LogP contribution in [0.2, 0.25) is 0 Å². The summed E-state index contributed by atoms with van der Waals surface area (Å²) < 4.78 is 36.3. The highest BCUT2D eigenvalue weighted by molar-refractivity contribution is 5.94. The first-order valence-corrected chi connectivity index (χ1v) is 8.49. The molecule has 8 heteroatoms. The third-order valence-electron chi connectivity index (χ3n) is 4.80. The molecule has 1 aliphatic carbocycles. The fourth-order valence-corrected chi connectivity index (χ4v) is 3.37. The predicted molar refractivity (Wildman–Crippen MR) is 93.9 cm³/mol. The van der Waals surface area contributed by atoms with Gasteiger partial charge in [0.2, 0.25) is 5.95 Å². The molecule has 2 heterocycles. The summed E-state index contributed by atoms with van der Waals surface area (Å²) in [5.74, 6) is -1.23. The average molecular weight is 368 g/mol. The van der Waals surface area contributed by atoms with Gasteiger partial charge >= 0.3 is 5.97 Å². The van der Waals surface area contributed by atoms with Crippen molar-refractivity contribution in [3.63, 3.8) is 0 Å². The Hall–Kier alpha value is -3.29. The Labute approximate surface area is 152 Å². The molecule has 0 aliphatic heterocycles. The van der Waals surface area contributed by atoms with Crippen molar-refractivity contribution >= 4 is 28.0 Å². The van der Waals surface area contributed by atoms with Gasteiger partial charge in [-0.15, -0.1) is 0 Å². The van der Waals surface area contributed by atoms with Crippen LogP contribution in [0.4, 0.5) is 8.78 Å². The molecule has 0 N–H and O–H groups in total. The number of hydrogen-bond acceptors (Lipinski definition) is 4. The molecule has 136 valence electrons. The van der Waals surface area contributed by atoms with Gasteiger partial charge in [0.25, 0.3) is 0 Å². The summed E-state index contributed by atoms with van der Waals surface area (Å²) in [4.78, 5) is 20.7. The summed E-state index contributed by atoms with van der Waals surface area (Å²) >= 11 is 0. The van der Waals surface area contributed by atoms with E-state index in [1.165, 1.54) is 37.7 Å². The van der Waals surface area contributed by atoms with Gasteiger partial charge < -0.3 is 9.30 Å². The van der Waals surface area contributed by atoms with E-state index in [0.29, 0.717) is 28.0 Å². The summed E-state index contributed by atoms with van der Waals surface area (Å²) in [6.07, 6.45) is 3.48. The number of methoxy groups -OCH3 is 1. The second-order valence-electron chi connectivity index (χ2n) is 6.57. The number of esters is 1. The third-order valence-corrected chi connectivity index (χ3v) is 4.80. The summed E-state index contributed by atoms with van der Waals surface area (Å²) in [5.41, 5.74) is 2.10. The fraction of sp³-hybridized carbons (Fsp3) is 0.211. The standard InChI is InChI=1S/C19H14F2N4O2/c1-27-18(26)12-7-16-15(8-13(12)21)22-9-24(16)19-23-14-5-2-10(20)6-17(14)25(19)11-3-4-11/h2,5-9,11H,3-4H2,1H3. The van der Waals surface area contributed by atoms with E-state index in [0.717, 1.165) is 12.8 Å². The van der Waals surface area contributed by atoms with Crippen LogP contribution in [0, 0.1) is 11.6 Å². The lowest BCUT2D eigenvalue weighted by molar-refractivity contribution is 0.0595. The lowest BCUT2D eigenvalue weighted by atomic mass is 10.2. The smallest absolute Gasteiger partial charge is 0.340 e. The van der Waals surface area contributed by atoms with Crippen molar-refractivity contribution in [2.24, 2.45) is 0 Å². The zero-order valence-electron chi connectivity index (χ0n) is 14.3. The molecule has 5 rings (SSSR count). The van der Waals surface area contributed by atoms with Crippen molar-refractivity contribution in [3.8, 4) is 5.95 Å². The van der Waals surface area contributed by atoms with E-state index in [-0.39, 0.29) is 17.4 Å². The molecule has 2 aromatic carbocycles. The van der Waals surface area contributed by atoms with E-state index in [4.69, 9.17) is 0 Å². The molecule has 0 amide bonds. The van der Waals surface area contributed by atoms with Crippen molar-refractivity contribution in [2.45, 2.75) is 18.9 Å². The van der Waals surface area contributed by atoms with E-state index < -0.39 is 11.8 Å². The number of carbonyl (C=O) groups is 1. The highest BCUT2D eigenvalue weighted by atomic mass is 19.1. The molecule has 0 spiro atoms. The number of halogens is 2. The van der Waals surface area contributed by atoms with Crippen LogP contribution < -0.4 is 0 Å². The number of imidazole rings is 2. The number of hydrogen-bond donors (Lipinski definition) is 0. The first-order chi connectivity index (χ1) is 13.1. The quantitative estimate of drug-likeness (QED) is 0.517. The maximum Gasteiger partial charge on any atom is 0.340 e. The second-order valence-corrected chi connectivity index (χ2v) is 6.57. The molecule has 0 bridgehead atoms. The normalized spacial score (nSPS) is 14.2. The molecular weight excluding hydrogens is 354 g/mol. The van der Waals surface area contributed by atoms with Gasteiger partial charge in [0.1, 0.15) is 18.0 Å². The van der Waals surface area contributed by atoms with Crippen molar-refractivity contribution in [1.82, 2.24) is 19.1 Å². The first kappa shape index (κ1) is 15.9. The van der Waals surface area contributed by atoms with Crippen LogP contribution in [0.1, 0.15) is 29.2 Å². The van der Waals surface area contributed by atoms with E-state index >= 15 is 0 Å². The summed E-state index contributed by atoms with van der Waals surface area (Å²) in [6.45, 7) is 0. The molecule has 1 fully saturated rings. The molecule has 6 nitrogen and oxygen atoms in total. The summed E-state index contributed by atoms with van der Waals surface area (Å²) in [5, 5.41) is 0. The molecule has 0 atom stereocenters. The highest BCUT2D eigenvalue weighted by Crippen LogP contribution is 2.40. The van der Waals surface area contributed by atoms with Crippen LogP contribution in [0.15, 0.2) is 36.7 Å². The van der Waals surface area contributed by atoms with Gasteiger partial charge in [-0.2, -0.15) is 0 Å². The van der Waals surface area contributed by atoms with Gasteiger partial charge in [0.15, 0.2) is 0 Å². The van der Waals surface area contributed by atoms with Crippen LogP contribution in [-0.2, 0) is 4.74 Å². The van der Waals surface area contributed by atoms with Crippen LogP contribution >= 0.6 is 0 Å². The number of nitrogens with zero attached hydrogens (tertiary/aromatic N) is 4. The monoisotopic (exact) mass is 368 g/mol. The Morgan fingerprint density at radius 1 is 1.15 bits per heavy atom. The van der Waals surface area contributed by atoms with Crippen molar-refractivity contribution < 1.29 is 18.3 Å². The molecule has 2 aromatic heterocycles. The maximum absolute atomic E-state index is 14.2. The second kappa shape index (κ2) is 5.60. The Bertz CT molecular complexity index is 1220. The van der Waals surface area contributed by atoms with Gasteiger partial charge in [-0.05, 0) is 37.1 Å². The number of benzene rings is 2. The van der Waals surface area contributed by atoms with E-state index in [2.05, 4.69) is 14.7 Å². The van der Waals surface area contributed by atoms with Crippen molar-refractivity contribution in [2.75, 3.05) is 7.11 Å². The molecule has 0 radical (unpaired) electrons. The minimum Gasteiger partial charge on any atom is -0.465 e.